The van der Waals surface area contributed by atoms with E-state index in [0.29, 0.717) is 24.8 Å². The summed E-state index contributed by atoms with van der Waals surface area (Å²) in [4.78, 5) is 16.5. The number of aromatic nitrogens is 1. The first-order valence-corrected chi connectivity index (χ1v) is 5.71. The number of aliphatic hydroxyl groups is 1. The van der Waals surface area contributed by atoms with Crippen molar-refractivity contribution in [2.24, 2.45) is 5.92 Å². The van der Waals surface area contributed by atoms with E-state index in [4.69, 9.17) is 9.84 Å². The molecule has 0 bridgehead atoms. The van der Waals surface area contributed by atoms with Crippen molar-refractivity contribution < 1.29 is 14.8 Å². The monoisotopic (exact) mass is 253 g/mol. The predicted octanol–water partition coefficient (Wildman–Crippen LogP) is 0.817. The lowest BCUT2D eigenvalue weighted by Crippen LogP contribution is -2.22. The molecule has 0 amide bonds. The van der Waals surface area contributed by atoms with Crippen LogP contribution in [0, 0.1) is 16.0 Å². The molecule has 0 aliphatic carbocycles. The van der Waals surface area contributed by atoms with Crippen LogP contribution < -0.4 is 9.64 Å². The second-order valence-corrected chi connectivity index (χ2v) is 4.24. The number of pyridine rings is 1. The summed E-state index contributed by atoms with van der Waals surface area (Å²) in [6.45, 7) is 1.33. The van der Waals surface area contributed by atoms with Gasteiger partial charge in [-0.2, -0.15) is 4.98 Å². The normalized spacial score (nSPS) is 19.0. The topological polar surface area (TPSA) is 88.7 Å². The molecule has 98 valence electrons. The van der Waals surface area contributed by atoms with Crippen molar-refractivity contribution in [3.63, 3.8) is 0 Å². The van der Waals surface area contributed by atoms with Gasteiger partial charge in [0.25, 0.3) is 0 Å². The molecule has 0 aromatic carbocycles. The first kappa shape index (κ1) is 12.6. The van der Waals surface area contributed by atoms with Crippen LogP contribution in [-0.2, 0) is 0 Å². The maximum absolute atomic E-state index is 11.0. The molecule has 0 radical (unpaired) electrons. The van der Waals surface area contributed by atoms with Crippen molar-refractivity contribution in [3.05, 3.63) is 22.2 Å². The quantitative estimate of drug-likeness (QED) is 0.631. The highest BCUT2D eigenvalue weighted by Crippen LogP contribution is 2.31. The third kappa shape index (κ3) is 2.35. The van der Waals surface area contributed by atoms with E-state index in [1.165, 1.54) is 19.2 Å². The summed E-state index contributed by atoms with van der Waals surface area (Å²) in [7, 11) is 1.47. The molecule has 7 nitrogen and oxygen atoms in total. The molecule has 1 atom stereocenters. The molecule has 1 saturated heterocycles. The van der Waals surface area contributed by atoms with E-state index in [0.717, 1.165) is 6.42 Å². The largest absolute Gasteiger partial charge is 0.481 e. The van der Waals surface area contributed by atoms with Gasteiger partial charge in [0.15, 0.2) is 0 Å². The van der Waals surface area contributed by atoms with Crippen LogP contribution in [0.5, 0.6) is 5.88 Å². The standard InChI is InChI=1S/C11H15N3O4/c1-18-10-3-2-9(14(16)17)11(12-10)13-5-4-8(6-13)7-15/h2-3,8,15H,4-7H2,1H3. The number of hydrogen-bond acceptors (Lipinski definition) is 6. The fourth-order valence-electron chi connectivity index (χ4n) is 2.09. The number of ether oxygens (including phenoxy) is 1. The maximum Gasteiger partial charge on any atom is 0.311 e. The zero-order valence-corrected chi connectivity index (χ0v) is 10.1. The summed E-state index contributed by atoms with van der Waals surface area (Å²) in [5.74, 6) is 0.816. The lowest BCUT2D eigenvalue weighted by atomic mass is 10.1. The molecule has 1 aliphatic rings. The molecule has 0 saturated carbocycles. The number of methoxy groups -OCH3 is 1. The van der Waals surface area contributed by atoms with Gasteiger partial charge in [0.05, 0.1) is 12.0 Å². The van der Waals surface area contributed by atoms with Gasteiger partial charge in [-0.3, -0.25) is 10.1 Å². The van der Waals surface area contributed by atoms with Crippen molar-refractivity contribution in [1.82, 2.24) is 4.98 Å². The van der Waals surface area contributed by atoms with E-state index in [1.807, 2.05) is 4.90 Å². The second-order valence-electron chi connectivity index (χ2n) is 4.24. The van der Waals surface area contributed by atoms with Gasteiger partial charge in [0.2, 0.25) is 11.7 Å². The summed E-state index contributed by atoms with van der Waals surface area (Å²) in [5, 5.41) is 20.1. The average molecular weight is 253 g/mol. The Labute approximate surface area is 104 Å². The van der Waals surface area contributed by atoms with E-state index in [9.17, 15) is 10.1 Å². The fourth-order valence-corrected chi connectivity index (χ4v) is 2.09. The van der Waals surface area contributed by atoms with Crippen molar-refractivity contribution in [2.75, 3.05) is 31.7 Å². The van der Waals surface area contributed by atoms with Crippen LogP contribution in [0.3, 0.4) is 0 Å². The Balaban J connectivity index is 2.32. The van der Waals surface area contributed by atoms with Crippen molar-refractivity contribution in [2.45, 2.75) is 6.42 Å². The van der Waals surface area contributed by atoms with Crippen LogP contribution in [0.15, 0.2) is 12.1 Å². The zero-order valence-electron chi connectivity index (χ0n) is 10.1. The number of nitro groups is 1. The van der Waals surface area contributed by atoms with Crippen molar-refractivity contribution >= 4 is 11.5 Å². The van der Waals surface area contributed by atoms with E-state index in [-0.39, 0.29) is 18.2 Å². The highest BCUT2D eigenvalue weighted by molar-refractivity contribution is 5.59. The molecule has 7 heteroatoms. The van der Waals surface area contributed by atoms with Crippen LogP contribution in [0.1, 0.15) is 6.42 Å². The lowest BCUT2D eigenvalue weighted by molar-refractivity contribution is -0.384. The SMILES string of the molecule is COc1ccc([N+](=O)[O-])c(N2CCC(CO)C2)n1. The molecule has 1 aromatic heterocycles. The molecule has 18 heavy (non-hydrogen) atoms. The smallest absolute Gasteiger partial charge is 0.311 e. The first-order valence-electron chi connectivity index (χ1n) is 5.71. The van der Waals surface area contributed by atoms with Gasteiger partial charge in [-0.05, 0) is 6.42 Å². The highest BCUT2D eigenvalue weighted by atomic mass is 16.6. The van der Waals surface area contributed by atoms with E-state index in [1.54, 1.807) is 0 Å². The van der Waals surface area contributed by atoms with Gasteiger partial charge in [-0.1, -0.05) is 0 Å². The first-order chi connectivity index (χ1) is 8.65. The minimum atomic E-state index is -0.450. The Bertz CT molecular complexity index is 452. The average Bonchev–Trinajstić information content (AvgIpc) is 2.86. The summed E-state index contributed by atoms with van der Waals surface area (Å²) < 4.78 is 4.99. The van der Waals surface area contributed by atoms with E-state index < -0.39 is 4.92 Å². The summed E-state index contributed by atoms with van der Waals surface area (Å²) in [6, 6.07) is 2.87. The lowest BCUT2D eigenvalue weighted by Gasteiger charge is -2.17. The van der Waals surface area contributed by atoms with Crippen LogP contribution in [0.2, 0.25) is 0 Å². The molecule has 1 aromatic rings. The number of rotatable bonds is 4. The summed E-state index contributed by atoms with van der Waals surface area (Å²) in [6.07, 6.45) is 0.812. The van der Waals surface area contributed by atoms with Gasteiger partial charge in [-0.15, -0.1) is 0 Å². The van der Waals surface area contributed by atoms with E-state index >= 15 is 0 Å². The predicted molar refractivity (Wildman–Crippen MR) is 64.8 cm³/mol. The van der Waals surface area contributed by atoms with Crippen LogP contribution in [0.25, 0.3) is 0 Å². The number of nitrogens with zero attached hydrogens (tertiary/aromatic N) is 3. The van der Waals surface area contributed by atoms with Gasteiger partial charge in [-0.25, -0.2) is 0 Å². The summed E-state index contributed by atoms with van der Waals surface area (Å²) in [5.41, 5.74) is -0.0330. The molecule has 1 fully saturated rings. The third-order valence-electron chi connectivity index (χ3n) is 3.08. The molecule has 1 unspecified atom stereocenters. The number of aliphatic hydroxyl groups excluding tert-OH is 1. The third-order valence-corrected chi connectivity index (χ3v) is 3.08. The molecule has 1 aliphatic heterocycles. The van der Waals surface area contributed by atoms with Gasteiger partial charge in [0, 0.05) is 37.7 Å². The minimum absolute atomic E-state index is 0.0330. The molecular weight excluding hydrogens is 238 g/mol. The van der Waals surface area contributed by atoms with E-state index in [2.05, 4.69) is 4.98 Å². The molecular formula is C11H15N3O4. The molecule has 1 N–H and O–H groups in total. The molecule has 2 rings (SSSR count). The van der Waals surface area contributed by atoms with Crippen LogP contribution in [-0.4, -0.2) is 41.8 Å². The van der Waals surface area contributed by atoms with Crippen molar-refractivity contribution in [1.29, 1.82) is 0 Å². The Morgan fingerprint density at radius 1 is 1.67 bits per heavy atom. The highest BCUT2D eigenvalue weighted by Gasteiger charge is 2.28. The zero-order chi connectivity index (χ0) is 13.1. The second kappa shape index (κ2) is 5.18. The Hall–Kier alpha value is -1.89. The van der Waals surface area contributed by atoms with Crippen LogP contribution in [0.4, 0.5) is 11.5 Å². The van der Waals surface area contributed by atoms with Crippen LogP contribution >= 0.6 is 0 Å². The number of anilines is 1. The Kier molecular flexibility index (Phi) is 3.61. The Morgan fingerprint density at radius 2 is 2.44 bits per heavy atom. The molecule has 2 heterocycles. The minimum Gasteiger partial charge on any atom is -0.481 e. The van der Waals surface area contributed by atoms with Crippen molar-refractivity contribution in [3.8, 4) is 5.88 Å². The Morgan fingerprint density at radius 3 is 3.00 bits per heavy atom. The van der Waals surface area contributed by atoms with Gasteiger partial charge >= 0.3 is 5.69 Å². The fraction of sp³-hybridized carbons (Fsp3) is 0.545. The van der Waals surface area contributed by atoms with Gasteiger partial charge < -0.3 is 14.7 Å². The maximum atomic E-state index is 11.0. The van der Waals surface area contributed by atoms with Gasteiger partial charge in [0.1, 0.15) is 0 Å². The number of hydrogen-bond donors (Lipinski definition) is 1. The molecule has 0 spiro atoms. The summed E-state index contributed by atoms with van der Waals surface area (Å²) >= 11 is 0.